The van der Waals surface area contributed by atoms with Crippen molar-refractivity contribution in [3.8, 4) is 5.75 Å². The molecule has 2 aromatic carbocycles. The number of methoxy groups -OCH3 is 1. The van der Waals surface area contributed by atoms with Gasteiger partial charge in [0.15, 0.2) is 0 Å². The lowest BCUT2D eigenvalue weighted by atomic mass is 10.0. The van der Waals surface area contributed by atoms with Gasteiger partial charge in [-0.05, 0) is 49.7 Å². The lowest BCUT2D eigenvalue weighted by molar-refractivity contribution is 0.0852. The van der Waals surface area contributed by atoms with E-state index < -0.39 is 29.3 Å². The van der Waals surface area contributed by atoms with Gasteiger partial charge in [0, 0.05) is 12.1 Å². The van der Waals surface area contributed by atoms with Gasteiger partial charge >= 0.3 is 5.69 Å². The zero-order chi connectivity index (χ0) is 21.1. The van der Waals surface area contributed by atoms with E-state index >= 15 is 0 Å². The highest BCUT2D eigenvalue weighted by atomic mass is 16.5. The minimum absolute atomic E-state index is 0.257. The molecule has 0 aliphatic heterocycles. The first-order valence-electron chi connectivity index (χ1n) is 9.25. The van der Waals surface area contributed by atoms with Crippen LogP contribution in [0.5, 0.6) is 5.75 Å². The SMILES string of the molecule is CCn1c(=O)[nH]c2cc(C(=O)N[C@H](C)[C@H](O)c3ccc(OC)cc3)ccc2c1=O. The van der Waals surface area contributed by atoms with E-state index in [2.05, 4.69) is 10.3 Å². The standard InChI is InChI=1S/C21H23N3O5/c1-4-24-20(27)16-10-7-14(11-17(16)23-21(24)28)19(26)22-12(2)18(25)13-5-8-15(29-3)9-6-13/h5-12,18,25H,4H2,1-3H3,(H,22,26)(H,23,28)/t12-,18+/m1/s1. The molecule has 0 bridgehead atoms. The van der Waals surface area contributed by atoms with E-state index in [1.54, 1.807) is 45.2 Å². The van der Waals surface area contributed by atoms with Gasteiger partial charge in [-0.2, -0.15) is 0 Å². The van der Waals surface area contributed by atoms with Crippen LogP contribution in [-0.2, 0) is 6.54 Å². The zero-order valence-electron chi connectivity index (χ0n) is 16.4. The van der Waals surface area contributed by atoms with Crippen LogP contribution in [0.4, 0.5) is 0 Å². The molecule has 0 aliphatic rings. The number of carbonyl (C=O) groups is 1. The summed E-state index contributed by atoms with van der Waals surface area (Å²) in [6.45, 7) is 3.66. The summed E-state index contributed by atoms with van der Waals surface area (Å²) in [6.07, 6.45) is -0.915. The van der Waals surface area contributed by atoms with Gasteiger partial charge in [0.2, 0.25) is 0 Å². The molecule has 0 unspecified atom stereocenters. The van der Waals surface area contributed by atoms with E-state index in [9.17, 15) is 19.5 Å². The predicted molar refractivity (Wildman–Crippen MR) is 109 cm³/mol. The Morgan fingerprint density at radius 3 is 2.52 bits per heavy atom. The Labute approximate surface area is 166 Å². The largest absolute Gasteiger partial charge is 0.497 e. The Kier molecular flexibility index (Phi) is 5.84. The van der Waals surface area contributed by atoms with Crippen molar-refractivity contribution in [2.75, 3.05) is 7.11 Å². The lowest BCUT2D eigenvalue weighted by Gasteiger charge is -2.21. The third-order valence-electron chi connectivity index (χ3n) is 4.85. The average Bonchev–Trinajstić information content (AvgIpc) is 2.73. The number of aliphatic hydroxyl groups is 1. The van der Waals surface area contributed by atoms with Crippen molar-refractivity contribution in [3.05, 3.63) is 74.4 Å². The summed E-state index contributed by atoms with van der Waals surface area (Å²) in [6, 6.07) is 10.8. The van der Waals surface area contributed by atoms with E-state index in [0.717, 1.165) is 4.57 Å². The van der Waals surface area contributed by atoms with Gasteiger partial charge in [0.25, 0.3) is 11.5 Å². The highest BCUT2D eigenvalue weighted by molar-refractivity contribution is 5.97. The number of aromatic amines is 1. The zero-order valence-corrected chi connectivity index (χ0v) is 16.4. The Bertz CT molecular complexity index is 1150. The Balaban J connectivity index is 1.81. The number of H-pyrrole nitrogens is 1. The molecule has 29 heavy (non-hydrogen) atoms. The van der Waals surface area contributed by atoms with Gasteiger partial charge in [0.05, 0.1) is 30.2 Å². The van der Waals surface area contributed by atoms with Gasteiger partial charge in [-0.1, -0.05) is 12.1 Å². The van der Waals surface area contributed by atoms with E-state index in [4.69, 9.17) is 4.74 Å². The van der Waals surface area contributed by atoms with Gasteiger partial charge in [0.1, 0.15) is 5.75 Å². The first kappa shape index (κ1) is 20.3. The number of ether oxygens (including phenoxy) is 1. The summed E-state index contributed by atoms with van der Waals surface area (Å²) in [7, 11) is 1.56. The molecule has 0 saturated carbocycles. The average molecular weight is 397 g/mol. The molecular formula is C21H23N3O5. The molecule has 0 saturated heterocycles. The second-order valence-corrected chi connectivity index (χ2v) is 6.72. The Hall–Kier alpha value is -3.39. The number of hydrogen-bond acceptors (Lipinski definition) is 5. The summed E-state index contributed by atoms with van der Waals surface area (Å²) in [5, 5.41) is 13.6. The molecule has 1 aromatic heterocycles. The molecule has 0 fully saturated rings. The predicted octanol–water partition coefficient (Wildman–Crippen LogP) is 1.57. The molecule has 3 N–H and O–H groups in total. The van der Waals surface area contributed by atoms with E-state index in [1.165, 1.54) is 18.2 Å². The fraction of sp³-hybridized carbons (Fsp3) is 0.286. The van der Waals surface area contributed by atoms with Crippen molar-refractivity contribution in [2.45, 2.75) is 32.5 Å². The molecule has 152 valence electrons. The molecule has 8 heteroatoms. The van der Waals surface area contributed by atoms with Crippen molar-refractivity contribution in [1.82, 2.24) is 14.9 Å². The number of rotatable bonds is 6. The number of carbonyl (C=O) groups excluding carboxylic acids is 1. The third-order valence-corrected chi connectivity index (χ3v) is 4.85. The number of hydrogen-bond donors (Lipinski definition) is 3. The Morgan fingerprint density at radius 1 is 1.21 bits per heavy atom. The fourth-order valence-electron chi connectivity index (χ4n) is 3.14. The van der Waals surface area contributed by atoms with Crippen LogP contribution in [-0.4, -0.2) is 33.7 Å². The molecule has 0 spiro atoms. The maximum atomic E-state index is 12.6. The molecular weight excluding hydrogens is 374 g/mol. The minimum atomic E-state index is -0.915. The number of aliphatic hydroxyl groups excluding tert-OH is 1. The van der Waals surface area contributed by atoms with Gasteiger partial charge in [-0.15, -0.1) is 0 Å². The number of aromatic nitrogens is 2. The number of nitrogens with one attached hydrogen (secondary N) is 2. The normalized spacial score (nSPS) is 13.1. The third kappa shape index (κ3) is 4.07. The molecule has 0 aliphatic carbocycles. The number of nitrogens with zero attached hydrogens (tertiary/aromatic N) is 1. The molecule has 3 rings (SSSR count). The first-order valence-corrected chi connectivity index (χ1v) is 9.25. The molecule has 3 aromatic rings. The van der Waals surface area contributed by atoms with Gasteiger partial charge < -0.3 is 20.1 Å². The summed E-state index contributed by atoms with van der Waals surface area (Å²) in [5.41, 5.74) is 0.283. The maximum absolute atomic E-state index is 12.6. The van der Waals surface area contributed by atoms with E-state index in [-0.39, 0.29) is 12.1 Å². The van der Waals surface area contributed by atoms with Gasteiger partial charge in [-0.3, -0.25) is 14.2 Å². The summed E-state index contributed by atoms with van der Waals surface area (Å²) in [5.74, 6) is 0.248. The van der Waals surface area contributed by atoms with E-state index in [1.807, 2.05) is 0 Å². The van der Waals surface area contributed by atoms with Crippen molar-refractivity contribution in [2.24, 2.45) is 0 Å². The summed E-state index contributed by atoms with van der Waals surface area (Å²) in [4.78, 5) is 39.6. The number of amides is 1. The van der Waals surface area contributed by atoms with Crippen molar-refractivity contribution < 1.29 is 14.6 Å². The molecule has 2 atom stereocenters. The molecule has 1 heterocycles. The minimum Gasteiger partial charge on any atom is -0.497 e. The topological polar surface area (TPSA) is 113 Å². The van der Waals surface area contributed by atoms with Crippen molar-refractivity contribution >= 4 is 16.8 Å². The quantitative estimate of drug-likeness (QED) is 0.584. The second-order valence-electron chi connectivity index (χ2n) is 6.72. The molecule has 1 amide bonds. The fourth-order valence-corrected chi connectivity index (χ4v) is 3.14. The molecule has 8 nitrogen and oxygen atoms in total. The van der Waals surface area contributed by atoms with Gasteiger partial charge in [-0.25, -0.2) is 4.79 Å². The van der Waals surface area contributed by atoms with Crippen LogP contribution < -0.4 is 21.3 Å². The van der Waals surface area contributed by atoms with Crippen LogP contribution in [0.3, 0.4) is 0 Å². The highest BCUT2D eigenvalue weighted by Gasteiger charge is 2.20. The molecule has 0 radical (unpaired) electrons. The monoisotopic (exact) mass is 397 g/mol. The maximum Gasteiger partial charge on any atom is 0.328 e. The van der Waals surface area contributed by atoms with Crippen LogP contribution >= 0.6 is 0 Å². The summed E-state index contributed by atoms with van der Waals surface area (Å²) >= 11 is 0. The number of benzene rings is 2. The first-order chi connectivity index (χ1) is 13.8. The van der Waals surface area contributed by atoms with E-state index in [0.29, 0.717) is 22.2 Å². The number of fused-ring (bicyclic) bond motifs is 1. The van der Waals surface area contributed by atoms with Crippen LogP contribution in [0.25, 0.3) is 10.9 Å². The smallest absolute Gasteiger partial charge is 0.328 e. The summed E-state index contributed by atoms with van der Waals surface area (Å²) < 4.78 is 6.19. The van der Waals surface area contributed by atoms with Crippen LogP contribution in [0, 0.1) is 0 Å². The van der Waals surface area contributed by atoms with Crippen LogP contribution in [0.15, 0.2) is 52.1 Å². The second kappa shape index (κ2) is 8.32. The lowest BCUT2D eigenvalue weighted by Crippen LogP contribution is -2.37. The highest BCUT2D eigenvalue weighted by Crippen LogP contribution is 2.20. The van der Waals surface area contributed by atoms with Crippen molar-refractivity contribution in [1.29, 1.82) is 0 Å². The van der Waals surface area contributed by atoms with Crippen molar-refractivity contribution in [3.63, 3.8) is 0 Å². The Morgan fingerprint density at radius 2 is 1.90 bits per heavy atom. The van der Waals surface area contributed by atoms with Crippen LogP contribution in [0.1, 0.15) is 35.9 Å². The van der Waals surface area contributed by atoms with Crippen LogP contribution in [0.2, 0.25) is 0 Å².